The average Bonchev–Trinajstić information content (AvgIpc) is 3.06. The number of hydrogen-bond donors (Lipinski definition) is 0. The summed E-state index contributed by atoms with van der Waals surface area (Å²) >= 11 is 0. The maximum atomic E-state index is 6.62. The van der Waals surface area contributed by atoms with Gasteiger partial charge in [-0.15, -0.1) is 0 Å². The fourth-order valence-electron chi connectivity index (χ4n) is 4.38. The fraction of sp³-hybridized carbons (Fsp3) is 0.478. The van der Waals surface area contributed by atoms with Crippen molar-refractivity contribution >= 4 is 8.07 Å². The van der Waals surface area contributed by atoms with Crippen LogP contribution in [0.15, 0.2) is 60.7 Å². The van der Waals surface area contributed by atoms with Gasteiger partial charge in [-0.05, 0) is 30.0 Å². The van der Waals surface area contributed by atoms with E-state index in [2.05, 4.69) is 80.7 Å². The Labute approximate surface area is 154 Å². The lowest BCUT2D eigenvalue weighted by atomic mass is 10.0. The molecule has 0 saturated carbocycles. The summed E-state index contributed by atoms with van der Waals surface area (Å²) in [7, 11) is -1.42. The SMILES string of the molecule is CCCC[C@@H]1OC(c2ccccc2)C[C@@H]1[Si](C)(C)Cc1ccccc1. The number of rotatable bonds is 7. The predicted octanol–water partition coefficient (Wildman–Crippen LogP) is 6.57. The third-order valence-corrected chi connectivity index (χ3v) is 9.71. The number of ether oxygens (including phenoxy) is 1. The Hall–Kier alpha value is -1.38. The molecular weight excluding hydrogens is 320 g/mol. The first-order chi connectivity index (χ1) is 12.1. The van der Waals surface area contributed by atoms with Crippen LogP contribution < -0.4 is 0 Å². The van der Waals surface area contributed by atoms with Crippen molar-refractivity contribution in [1.82, 2.24) is 0 Å². The van der Waals surface area contributed by atoms with Gasteiger partial charge in [-0.2, -0.15) is 0 Å². The van der Waals surface area contributed by atoms with E-state index in [9.17, 15) is 0 Å². The molecule has 0 bridgehead atoms. The zero-order valence-corrected chi connectivity index (χ0v) is 16.9. The molecule has 1 fully saturated rings. The lowest BCUT2D eigenvalue weighted by Gasteiger charge is -2.33. The summed E-state index contributed by atoms with van der Waals surface area (Å²) in [5.41, 5.74) is 3.59. The summed E-state index contributed by atoms with van der Waals surface area (Å²) in [5, 5.41) is 0. The van der Waals surface area contributed by atoms with Gasteiger partial charge in [-0.3, -0.25) is 0 Å². The third kappa shape index (κ3) is 4.62. The highest BCUT2D eigenvalue weighted by molar-refractivity contribution is 6.78. The van der Waals surface area contributed by atoms with E-state index in [1.54, 1.807) is 0 Å². The lowest BCUT2D eigenvalue weighted by Crippen LogP contribution is -2.39. The van der Waals surface area contributed by atoms with Gasteiger partial charge in [-0.25, -0.2) is 0 Å². The van der Waals surface area contributed by atoms with Gasteiger partial charge in [0.15, 0.2) is 0 Å². The number of unbranched alkanes of at least 4 members (excludes halogenated alkanes) is 1. The first-order valence-corrected chi connectivity index (χ1v) is 13.1. The molecule has 0 radical (unpaired) electrons. The Morgan fingerprint density at radius 2 is 1.60 bits per heavy atom. The number of benzene rings is 2. The van der Waals surface area contributed by atoms with Crippen LogP contribution in [0.5, 0.6) is 0 Å². The molecule has 1 nitrogen and oxygen atoms in total. The van der Waals surface area contributed by atoms with Gasteiger partial charge in [0.25, 0.3) is 0 Å². The molecule has 1 saturated heterocycles. The summed E-state index contributed by atoms with van der Waals surface area (Å²) in [5.74, 6) is 0. The van der Waals surface area contributed by atoms with Crippen molar-refractivity contribution in [3.05, 3.63) is 71.8 Å². The molecule has 1 aliphatic heterocycles. The maximum absolute atomic E-state index is 6.62. The van der Waals surface area contributed by atoms with Crippen LogP contribution in [-0.2, 0) is 10.8 Å². The maximum Gasteiger partial charge on any atom is 0.0829 e. The van der Waals surface area contributed by atoms with Gasteiger partial charge in [0, 0.05) is 0 Å². The minimum atomic E-state index is -1.42. The van der Waals surface area contributed by atoms with Crippen molar-refractivity contribution in [1.29, 1.82) is 0 Å². The van der Waals surface area contributed by atoms with Crippen molar-refractivity contribution in [3.63, 3.8) is 0 Å². The molecule has 0 aliphatic carbocycles. The highest BCUT2D eigenvalue weighted by Crippen LogP contribution is 2.48. The third-order valence-electron chi connectivity index (χ3n) is 5.78. The standard InChI is InChI=1S/C23H32OSi/c1-4-5-16-21-23(17-22(24-21)20-14-10-7-11-15-20)25(2,3)18-19-12-8-6-9-13-19/h6-15,21-23H,4-5,16-18H2,1-3H3/t21-,22?,23-/m0/s1. The largest absolute Gasteiger partial charge is 0.370 e. The minimum absolute atomic E-state index is 0.288. The molecule has 0 N–H and O–H groups in total. The van der Waals surface area contributed by atoms with E-state index in [1.807, 2.05) is 0 Å². The molecule has 134 valence electrons. The van der Waals surface area contributed by atoms with Crippen LogP contribution in [0.2, 0.25) is 18.6 Å². The molecule has 0 amide bonds. The van der Waals surface area contributed by atoms with E-state index in [-0.39, 0.29) is 6.10 Å². The molecule has 0 spiro atoms. The van der Waals surface area contributed by atoms with Crippen molar-refractivity contribution in [3.8, 4) is 0 Å². The number of hydrogen-bond acceptors (Lipinski definition) is 1. The molecular formula is C23H32OSi. The van der Waals surface area contributed by atoms with Crippen molar-refractivity contribution in [2.75, 3.05) is 0 Å². The molecule has 3 rings (SSSR count). The van der Waals surface area contributed by atoms with Gasteiger partial charge in [0.1, 0.15) is 0 Å². The van der Waals surface area contributed by atoms with Crippen LogP contribution >= 0.6 is 0 Å². The Balaban J connectivity index is 1.78. The summed E-state index contributed by atoms with van der Waals surface area (Å²) in [6.07, 6.45) is 5.67. The Kier molecular flexibility index (Phi) is 6.13. The van der Waals surface area contributed by atoms with Crippen LogP contribution in [0.25, 0.3) is 0 Å². The molecule has 0 aromatic heterocycles. The molecule has 2 heteroatoms. The topological polar surface area (TPSA) is 9.23 Å². The summed E-state index contributed by atoms with van der Waals surface area (Å²) in [6.45, 7) is 7.42. The Morgan fingerprint density at radius 1 is 0.960 bits per heavy atom. The van der Waals surface area contributed by atoms with Crippen molar-refractivity contribution < 1.29 is 4.74 Å². The van der Waals surface area contributed by atoms with Gasteiger partial charge in [-0.1, -0.05) is 99.1 Å². The highest BCUT2D eigenvalue weighted by atomic mass is 28.3. The first kappa shape index (κ1) is 18.4. The Bertz CT molecular complexity index is 638. The fourth-order valence-corrected chi connectivity index (χ4v) is 8.03. The summed E-state index contributed by atoms with van der Waals surface area (Å²) < 4.78 is 6.62. The van der Waals surface area contributed by atoms with Crippen LogP contribution in [0, 0.1) is 0 Å². The van der Waals surface area contributed by atoms with Gasteiger partial charge < -0.3 is 4.74 Å². The zero-order chi connectivity index (χ0) is 17.7. The minimum Gasteiger partial charge on any atom is -0.370 e. The predicted molar refractivity (Wildman–Crippen MR) is 110 cm³/mol. The molecule has 2 aromatic rings. The molecule has 3 atom stereocenters. The van der Waals surface area contributed by atoms with E-state index in [1.165, 1.54) is 42.9 Å². The van der Waals surface area contributed by atoms with Gasteiger partial charge >= 0.3 is 0 Å². The highest BCUT2D eigenvalue weighted by Gasteiger charge is 2.44. The second kappa shape index (κ2) is 8.33. The quantitative estimate of drug-likeness (QED) is 0.512. The van der Waals surface area contributed by atoms with E-state index >= 15 is 0 Å². The molecule has 1 aliphatic rings. The normalized spacial score (nSPS) is 23.7. The summed E-state index contributed by atoms with van der Waals surface area (Å²) in [4.78, 5) is 0. The van der Waals surface area contributed by atoms with Crippen molar-refractivity contribution in [2.24, 2.45) is 0 Å². The molecule has 25 heavy (non-hydrogen) atoms. The van der Waals surface area contributed by atoms with E-state index in [4.69, 9.17) is 4.74 Å². The Morgan fingerprint density at radius 3 is 2.24 bits per heavy atom. The van der Waals surface area contributed by atoms with Crippen molar-refractivity contribution in [2.45, 2.75) is 69.5 Å². The smallest absolute Gasteiger partial charge is 0.0829 e. The van der Waals surface area contributed by atoms with Crippen LogP contribution in [0.4, 0.5) is 0 Å². The van der Waals surface area contributed by atoms with E-state index in [0.29, 0.717) is 6.10 Å². The van der Waals surface area contributed by atoms with Crippen LogP contribution in [-0.4, -0.2) is 14.2 Å². The van der Waals surface area contributed by atoms with E-state index < -0.39 is 8.07 Å². The average molecular weight is 353 g/mol. The van der Waals surface area contributed by atoms with Crippen LogP contribution in [0.3, 0.4) is 0 Å². The zero-order valence-electron chi connectivity index (χ0n) is 15.9. The molecule has 2 aromatic carbocycles. The molecule has 1 heterocycles. The summed E-state index contributed by atoms with van der Waals surface area (Å²) in [6, 6.07) is 23.1. The van der Waals surface area contributed by atoms with Gasteiger partial charge in [0.05, 0.1) is 20.3 Å². The second-order valence-electron chi connectivity index (χ2n) is 8.21. The van der Waals surface area contributed by atoms with Gasteiger partial charge in [0.2, 0.25) is 0 Å². The van der Waals surface area contributed by atoms with E-state index in [0.717, 1.165) is 5.54 Å². The molecule has 1 unspecified atom stereocenters. The monoisotopic (exact) mass is 352 g/mol. The first-order valence-electron chi connectivity index (χ1n) is 9.84. The second-order valence-corrected chi connectivity index (χ2v) is 13.3. The van der Waals surface area contributed by atoms with Crippen LogP contribution in [0.1, 0.15) is 49.8 Å². The lowest BCUT2D eigenvalue weighted by molar-refractivity contribution is 0.0384.